The minimum Gasteiger partial charge on any atom is -0.478 e. The van der Waals surface area contributed by atoms with E-state index in [-0.39, 0.29) is 24.6 Å². The van der Waals surface area contributed by atoms with Gasteiger partial charge in [0.05, 0.1) is 12.1 Å². The first-order valence-corrected chi connectivity index (χ1v) is 6.95. The Morgan fingerprint density at radius 3 is 2.33 bits per heavy atom. The van der Waals surface area contributed by atoms with Gasteiger partial charge >= 0.3 is 5.97 Å². The van der Waals surface area contributed by atoms with Crippen LogP contribution in [0.5, 0.6) is 0 Å². The van der Waals surface area contributed by atoms with Gasteiger partial charge < -0.3 is 15.5 Å². The second-order valence-corrected chi connectivity index (χ2v) is 5.27. The van der Waals surface area contributed by atoms with E-state index in [1.807, 2.05) is 0 Å². The van der Waals surface area contributed by atoms with E-state index in [2.05, 4.69) is 15.5 Å². The van der Waals surface area contributed by atoms with E-state index in [1.54, 1.807) is 0 Å². The predicted octanol–water partition coefficient (Wildman–Crippen LogP) is 0.701. The molecule has 7 nitrogen and oxygen atoms in total. The molecule has 0 bridgehead atoms. The first kappa shape index (κ1) is 15.1. The van der Waals surface area contributed by atoms with Crippen LogP contribution in [0.3, 0.4) is 0 Å². The highest BCUT2D eigenvalue weighted by atomic mass is 32.1. The van der Waals surface area contributed by atoms with Crippen molar-refractivity contribution in [3.05, 3.63) is 45.4 Å². The summed E-state index contributed by atoms with van der Waals surface area (Å²) in [6, 6.07) is 5.66. The summed E-state index contributed by atoms with van der Waals surface area (Å²) in [6.07, 6.45) is 0.447. The Morgan fingerprint density at radius 1 is 1.10 bits per heavy atom. The minimum atomic E-state index is -1.03. The number of hydrogen-bond acceptors (Lipinski definition) is 6. The van der Waals surface area contributed by atoms with Crippen LogP contribution in [-0.4, -0.2) is 38.9 Å². The molecule has 1 heterocycles. The number of nitrogens with one attached hydrogen (secondary N) is 1. The molecule has 1 amide bonds. The first-order valence-electron chi connectivity index (χ1n) is 6.14. The van der Waals surface area contributed by atoms with Crippen LogP contribution in [0.1, 0.15) is 30.7 Å². The zero-order valence-electron chi connectivity index (χ0n) is 10.9. The monoisotopic (exact) mass is 307 g/mol. The molecule has 0 saturated heterocycles. The molecular weight excluding hydrogens is 294 g/mol. The Kier molecular flexibility index (Phi) is 4.96. The van der Waals surface area contributed by atoms with Crippen molar-refractivity contribution in [1.29, 1.82) is 0 Å². The molecular formula is C13H13N3O4S. The number of rotatable bonds is 6. The van der Waals surface area contributed by atoms with Crippen molar-refractivity contribution in [2.45, 2.75) is 13.0 Å². The maximum atomic E-state index is 11.9. The van der Waals surface area contributed by atoms with Crippen molar-refractivity contribution in [2.24, 2.45) is 0 Å². The number of aliphatic hydroxyl groups excluding tert-OH is 1. The maximum absolute atomic E-state index is 11.9. The number of carboxylic acid groups (broad SMARTS) is 1. The maximum Gasteiger partial charge on any atom is 0.335 e. The van der Waals surface area contributed by atoms with Crippen LogP contribution in [0.15, 0.2) is 24.3 Å². The minimum absolute atomic E-state index is 0.0108. The van der Waals surface area contributed by atoms with Gasteiger partial charge in [-0.1, -0.05) is 11.3 Å². The zero-order valence-corrected chi connectivity index (χ0v) is 11.8. The number of nitrogens with zero attached hydrogens (tertiary/aromatic N) is 2. The molecule has 8 heteroatoms. The standard InChI is InChI=1S/C13H13N3O4S/c17-6-5-10-15-16-11(21-10)7-14-12(18)8-1-3-9(4-2-8)13(19)20/h1-4,17H,5-7H2,(H,14,18)(H,19,20). The molecule has 0 radical (unpaired) electrons. The summed E-state index contributed by atoms with van der Waals surface area (Å²) in [4.78, 5) is 22.6. The van der Waals surface area contributed by atoms with E-state index in [1.165, 1.54) is 35.6 Å². The van der Waals surface area contributed by atoms with Crippen LogP contribution in [0.25, 0.3) is 0 Å². The molecule has 110 valence electrons. The summed E-state index contributed by atoms with van der Waals surface area (Å²) < 4.78 is 0. The van der Waals surface area contributed by atoms with Crippen molar-refractivity contribution in [3.63, 3.8) is 0 Å². The molecule has 1 aromatic heterocycles. The number of aromatic carboxylic acids is 1. The van der Waals surface area contributed by atoms with Gasteiger partial charge in [0.25, 0.3) is 5.91 Å². The molecule has 2 rings (SSSR count). The molecule has 3 N–H and O–H groups in total. The first-order chi connectivity index (χ1) is 10.1. The number of hydrogen-bond donors (Lipinski definition) is 3. The van der Waals surface area contributed by atoms with Crippen LogP contribution in [0.4, 0.5) is 0 Å². The van der Waals surface area contributed by atoms with Crippen LogP contribution < -0.4 is 5.32 Å². The van der Waals surface area contributed by atoms with Gasteiger partial charge in [-0.2, -0.15) is 0 Å². The lowest BCUT2D eigenvalue weighted by atomic mass is 10.1. The van der Waals surface area contributed by atoms with Crippen molar-refractivity contribution >= 4 is 23.2 Å². The average Bonchev–Trinajstić information content (AvgIpc) is 2.93. The lowest BCUT2D eigenvalue weighted by Crippen LogP contribution is -2.22. The number of aliphatic hydroxyl groups is 1. The largest absolute Gasteiger partial charge is 0.478 e. The summed E-state index contributed by atoms with van der Waals surface area (Å²) >= 11 is 1.33. The van der Waals surface area contributed by atoms with E-state index in [0.29, 0.717) is 22.0 Å². The molecule has 0 spiro atoms. The van der Waals surface area contributed by atoms with Gasteiger partial charge in [-0.05, 0) is 24.3 Å². The van der Waals surface area contributed by atoms with Gasteiger partial charge in [-0.3, -0.25) is 4.79 Å². The van der Waals surface area contributed by atoms with Crippen molar-refractivity contribution < 1.29 is 19.8 Å². The molecule has 2 aromatic rings. The van der Waals surface area contributed by atoms with Gasteiger partial charge in [-0.25, -0.2) is 4.79 Å². The number of aromatic nitrogens is 2. The lowest BCUT2D eigenvalue weighted by molar-refractivity contribution is 0.0696. The summed E-state index contributed by atoms with van der Waals surface area (Å²) in [5, 5.41) is 29.4. The third kappa shape index (κ3) is 4.07. The van der Waals surface area contributed by atoms with E-state index >= 15 is 0 Å². The van der Waals surface area contributed by atoms with Gasteiger partial charge in [0.15, 0.2) is 0 Å². The van der Waals surface area contributed by atoms with Gasteiger partial charge in [0, 0.05) is 18.6 Å². The van der Waals surface area contributed by atoms with Crippen LogP contribution in [0.2, 0.25) is 0 Å². The Balaban J connectivity index is 1.92. The summed E-state index contributed by atoms with van der Waals surface area (Å²) in [6.45, 7) is 0.250. The number of benzene rings is 1. The predicted molar refractivity (Wildman–Crippen MR) is 75.3 cm³/mol. The molecule has 0 aliphatic rings. The smallest absolute Gasteiger partial charge is 0.335 e. The molecule has 0 atom stereocenters. The van der Waals surface area contributed by atoms with Crippen molar-refractivity contribution in [1.82, 2.24) is 15.5 Å². The quantitative estimate of drug-likeness (QED) is 0.724. The van der Waals surface area contributed by atoms with Crippen LogP contribution in [0, 0.1) is 0 Å². The second-order valence-electron chi connectivity index (χ2n) is 4.13. The average molecular weight is 307 g/mol. The van der Waals surface area contributed by atoms with E-state index in [4.69, 9.17) is 10.2 Å². The lowest BCUT2D eigenvalue weighted by Gasteiger charge is -2.03. The zero-order chi connectivity index (χ0) is 15.2. The molecule has 0 aliphatic heterocycles. The fourth-order valence-electron chi connectivity index (χ4n) is 1.58. The fraction of sp³-hybridized carbons (Fsp3) is 0.231. The van der Waals surface area contributed by atoms with Crippen LogP contribution in [-0.2, 0) is 13.0 Å². The van der Waals surface area contributed by atoms with Crippen molar-refractivity contribution in [2.75, 3.05) is 6.61 Å². The third-order valence-corrected chi connectivity index (χ3v) is 3.61. The Morgan fingerprint density at radius 2 is 1.71 bits per heavy atom. The van der Waals surface area contributed by atoms with Crippen LogP contribution >= 0.6 is 11.3 Å². The topological polar surface area (TPSA) is 112 Å². The SMILES string of the molecule is O=C(O)c1ccc(C(=O)NCc2nnc(CCO)s2)cc1. The molecule has 0 aliphatic carbocycles. The molecule has 0 fully saturated rings. The molecule has 0 saturated carbocycles. The summed E-state index contributed by atoms with van der Waals surface area (Å²) in [5.74, 6) is -1.35. The van der Waals surface area contributed by atoms with Gasteiger partial charge in [0.2, 0.25) is 0 Å². The summed E-state index contributed by atoms with van der Waals surface area (Å²) in [7, 11) is 0. The highest BCUT2D eigenvalue weighted by Crippen LogP contribution is 2.10. The van der Waals surface area contributed by atoms with E-state index < -0.39 is 5.97 Å². The number of carbonyl (C=O) groups is 2. The second kappa shape index (κ2) is 6.91. The van der Waals surface area contributed by atoms with Gasteiger partial charge in [0.1, 0.15) is 10.0 Å². The van der Waals surface area contributed by atoms with E-state index in [0.717, 1.165) is 0 Å². The normalized spacial score (nSPS) is 10.3. The fourth-order valence-corrected chi connectivity index (χ4v) is 2.35. The van der Waals surface area contributed by atoms with Crippen molar-refractivity contribution in [3.8, 4) is 0 Å². The Hall–Kier alpha value is -2.32. The highest BCUT2D eigenvalue weighted by Gasteiger charge is 2.09. The molecule has 0 unspecified atom stereocenters. The van der Waals surface area contributed by atoms with E-state index in [9.17, 15) is 9.59 Å². The summed E-state index contributed by atoms with van der Waals surface area (Å²) in [5.41, 5.74) is 0.504. The highest BCUT2D eigenvalue weighted by molar-refractivity contribution is 7.11. The third-order valence-electron chi connectivity index (χ3n) is 2.63. The number of carbonyl (C=O) groups excluding carboxylic acids is 1. The molecule has 1 aromatic carbocycles. The molecule has 21 heavy (non-hydrogen) atoms. The number of carboxylic acids is 1. The Labute approximate surface area is 124 Å². The van der Waals surface area contributed by atoms with Gasteiger partial charge in [-0.15, -0.1) is 10.2 Å². The number of amides is 1. The Bertz CT molecular complexity index is 639.